The molecule has 2 saturated carbocycles. The summed E-state index contributed by atoms with van der Waals surface area (Å²) in [6, 6.07) is 7.34. The van der Waals surface area contributed by atoms with Gasteiger partial charge in [0, 0.05) is 36.8 Å². The van der Waals surface area contributed by atoms with Gasteiger partial charge in [0.2, 0.25) is 0 Å². The summed E-state index contributed by atoms with van der Waals surface area (Å²) in [6.45, 7) is 2.14. The Hall–Kier alpha value is -2.14. The Kier molecular flexibility index (Phi) is 3.88. The van der Waals surface area contributed by atoms with Gasteiger partial charge in [0.05, 0.1) is 11.9 Å². The summed E-state index contributed by atoms with van der Waals surface area (Å²) in [5.41, 5.74) is 4.02. The van der Waals surface area contributed by atoms with Crippen LogP contribution in [0, 0.1) is 6.92 Å². The first-order valence-corrected chi connectivity index (χ1v) is 8.77. The fraction of sp³-hybridized carbons (Fsp3) is 0.474. The SMILES string of the molecule is Cc1ccc(C(=O)Nc2cnn(C)c2)cc1[C@@H]1C[C@H]1NC1CCC1. The third kappa shape index (κ3) is 3.08. The van der Waals surface area contributed by atoms with Gasteiger partial charge in [0.25, 0.3) is 5.91 Å². The topological polar surface area (TPSA) is 59.0 Å². The number of nitrogens with zero attached hydrogens (tertiary/aromatic N) is 2. The number of carbonyl (C=O) groups is 1. The number of amides is 1. The molecule has 2 aliphatic carbocycles. The highest BCUT2D eigenvalue weighted by atomic mass is 16.1. The summed E-state index contributed by atoms with van der Waals surface area (Å²) in [5.74, 6) is 0.477. The van der Waals surface area contributed by atoms with Crippen molar-refractivity contribution in [2.24, 2.45) is 7.05 Å². The van der Waals surface area contributed by atoms with E-state index < -0.39 is 0 Å². The maximum Gasteiger partial charge on any atom is 0.255 e. The van der Waals surface area contributed by atoms with Crippen molar-refractivity contribution in [3.05, 3.63) is 47.3 Å². The summed E-state index contributed by atoms with van der Waals surface area (Å²) >= 11 is 0. The molecule has 1 amide bonds. The molecule has 4 rings (SSSR count). The normalized spacial score (nSPS) is 22.9. The van der Waals surface area contributed by atoms with Gasteiger partial charge < -0.3 is 10.6 Å². The van der Waals surface area contributed by atoms with E-state index in [1.54, 1.807) is 17.1 Å². The highest BCUT2D eigenvalue weighted by Gasteiger charge is 2.41. The van der Waals surface area contributed by atoms with E-state index in [0.29, 0.717) is 17.5 Å². The van der Waals surface area contributed by atoms with Crippen molar-refractivity contribution in [1.29, 1.82) is 0 Å². The van der Waals surface area contributed by atoms with Gasteiger partial charge in [-0.25, -0.2) is 0 Å². The molecule has 0 radical (unpaired) electrons. The smallest absolute Gasteiger partial charge is 0.255 e. The number of rotatable bonds is 5. The van der Waals surface area contributed by atoms with Crippen LogP contribution in [0.1, 0.15) is 53.1 Å². The minimum Gasteiger partial charge on any atom is -0.319 e. The molecule has 2 aliphatic rings. The lowest BCUT2D eigenvalue weighted by molar-refractivity contribution is 0.102. The van der Waals surface area contributed by atoms with Crippen LogP contribution < -0.4 is 10.6 Å². The number of carbonyl (C=O) groups excluding carboxylic acids is 1. The molecule has 1 aromatic carbocycles. The molecule has 0 saturated heterocycles. The Balaban J connectivity index is 1.46. The summed E-state index contributed by atoms with van der Waals surface area (Å²) in [6.07, 6.45) is 8.63. The Morgan fingerprint density at radius 1 is 1.33 bits per heavy atom. The highest BCUT2D eigenvalue weighted by molar-refractivity contribution is 6.04. The van der Waals surface area contributed by atoms with Gasteiger partial charge >= 0.3 is 0 Å². The van der Waals surface area contributed by atoms with E-state index in [1.165, 1.54) is 36.8 Å². The first kappa shape index (κ1) is 15.4. The fourth-order valence-electron chi connectivity index (χ4n) is 3.47. The van der Waals surface area contributed by atoms with Crippen molar-refractivity contribution in [1.82, 2.24) is 15.1 Å². The molecule has 1 aromatic heterocycles. The lowest BCUT2D eigenvalue weighted by Crippen LogP contribution is -2.37. The number of nitrogens with one attached hydrogen (secondary N) is 2. The second-order valence-electron chi connectivity index (χ2n) is 7.17. The number of aromatic nitrogens is 2. The predicted molar refractivity (Wildman–Crippen MR) is 94.3 cm³/mol. The summed E-state index contributed by atoms with van der Waals surface area (Å²) in [5, 5.41) is 10.7. The zero-order valence-electron chi connectivity index (χ0n) is 14.2. The first-order valence-electron chi connectivity index (χ1n) is 8.77. The van der Waals surface area contributed by atoms with Gasteiger partial charge in [-0.2, -0.15) is 5.10 Å². The molecular weight excluding hydrogens is 300 g/mol. The van der Waals surface area contributed by atoms with Crippen LogP contribution >= 0.6 is 0 Å². The Labute approximate surface area is 142 Å². The van der Waals surface area contributed by atoms with Gasteiger partial charge in [-0.3, -0.25) is 9.48 Å². The minimum atomic E-state index is -0.0756. The third-order valence-corrected chi connectivity index (χ3v) is 5.25. The van der Waals surface area contributed by atoms with Gasteiger partial charge in [-0.05, 0) is 49.4 Å². The molecule has 2 atom stereocenters. The second kappa shape index (κ2) is 6.06. The van der Waals surface area contributed by atoms with Crippen molar-refractivity contribution in [3.8, 4) is 0 Å². The molecule has 0 spiro atoms. The maximum atomic E-state index is 12.5. The zero-order valence-corrected chi connectivity index (χ0v) is 14.2. The zero-order chi connectivity index (χ0) is 16.7. The van der Waals surface area contributed by atoms with Crippen LogP contribution in [0.15, 0.2) is 30.6 Å². The number of hydrogen-bond acceptors (Lipinski definition) is 3. The minimum absolute atomic E-state index is 0.0756. The average Bonchev–Trinajstić information content (AvgIpc) is 3.17. The van der Waals surface area contributed by atoms with E-state index in [2.05, 4.69) is 34.8 Å². The van der Waals surface area contributed by atoms with Crippen LogP contribution in [0.25, 0.3) is 0 Å². The summed E-state index contributed by atoms with van der Waals surface area (Å²) < 4.78 is 1.68. The molecular formula is C19H24N4O. The van der Waals surface area contributed by atoms with Crippen molar-refractivity contribution in [2.75, 3.05) is 5.32 Å². The van der Waals surface area contributed by atoms with Gasteiger partial charge in [-0.1, -0.05) is 12.5 Å². The lowest BCUT2D eigenvalue weighted by atomic mass is 9.93. The molecule has 0 unspecified atom stereocenters. The van der Waals surface area contributed by atoms with Crippen molar-refractivity contribution < 1.29 is 4.79 Å². The lowest BCUT2D eigenvalue weighted by Gasteiger charge is -2.26. The van der Waals surface area contributed by atoms with E-state index in [0.717, 1.165) is 11.7 Å². The van der Waals surface area contributed by atoms with Gasteiger partial charge in [0.1, 0.15) is 0 Å². The Morgan fingerprint density at radius 3 is 2.83 bits per heavy atom. The van der Waals surface area contributed by atoms with Crippen LogP contribution in [-0.4, -0.2) is 27.8 Å². The van der Waals surface area contributed by atoms with Crippen LogP contribution in [0.2, 0.25) is 0 Å². The molecule has 0 bridgehead atoms. The van der Waals surface area contributed by atoms with Crippen LogP contribution in [0.3, 0.4) is 0 Å². The first-order chi connectivity index (χ1) is 11.6. The van der Waals surface area contributed by atoms with E-state index in [-0.39, 0.29) is 5.91 Å². The monoisotopic (exact) mass is 324 g/mol. The maximum absolute atomic E-state index is 12.5. The number of benzene rings is 1. The fourth-order valence-corrected chi connectivity index (χ4v) is 3.47. The van der Waals surface area contributed by atoms with E-state index >= 15 is 0 Å². The van der Waals surface area contributed by atoms with Crippen molar-refractivity contribution in [3.63, 3.8) is 0 Å². The van der Waals surface area contributed by atoms with E-state index in [1.807, 2.05) is 13.1 Å². The number of hydrogen-bond donors (Lipinski definition) is 2. The molecule has 2 N–H and O–H groups in total. The standard InChI is InChI=1S/C19H24N4O/c1-12-6-7-13(19(24)22-15-10-20-23(2)11-15)8-16(12)17-9-18(17)21-14-4-3-5-14/h6-8,10-11,14,17-18,21H,3-5,9H2,1-2H3,(H,22,24)/t17-,18+/m0/s1. The van der Waals surface area contributed by atoms with Gasteiger partial charge in [0.15, 0.2) is 0 Å². The molecule has 2 aromatic rings. The van der Waals surface area contributed by atoms with Crippen LogP contribution in [0.5, 0.6) is 0 Å². The predicted octanol–water partition coefficient (Wildman–Crippen LogP) is 2.98. The quantitative estimate of drug-likeness (QED) is 0.889. The largest absolute Gasteiger partial charge is 0.319 e. The molecule has 5 heteroatoms. The number of anilines is 1. The van der Waals surface area contributed by atoms with Crippen LogP contribution in [0.4, 0.5) is 5.69 Å². The highest BCUT2D eigenvalue weighted by Crippen LogP contribution is 2.43. The Morgan fingerprint density at radius 2 is 2.17 bits per heavy atom. The molecule has 0 aliphatic heterocycles. The third-order valence-electron chi connectivity index (χ3n) is 5.25. The van der Waals surface area contributed by atoms with Crippen molar-refractivity contribution in [2.45, 2.75) is 50.6 Å². The second-order valence-corrected chi connectivity index (χ2v) is 7.17. The molecule has 24 heavy (non-hydrogen) atoms. The van der Waals surface area contributed by atoms with E-state index in [4.69, 9.17) is 0 Å². The summed E-state index contributed by atoms with van der Waals surface area (Å²) in [7, 11) is 1.84. The van der Waals surface area contributed by atoms with Crippen LogP contribution in [-0.2, 0) is 7.05 Å². The molecule has 2 fully saturated rings. The molecule has 126 valence electrons. The molecule has 5 nitrogen and oxygen atoms in total. The van der Waals surface area contributed by atoms with Gasteiger partial charge in [-0.15, -0.1) is 0 Å². The summed E-state index contributed by atoms with van der Waals surface area (Å²) in [4.78, 5) is 12.5. The Bertz CT molecular complexity index is 762. The molecule has 1 heterocycles. The van der Waals surface area contributed by atoms with Crippen molar-refractivity contribution >= 4 is 11.6 Å². The number of aryl methyl sites for hydroxylation is 2. The van der Waals surface area contributed by atoms with E-state index in [9.17, 15) is 4.79 Å². The average molecular weight is 324 g/mol.